The van der Waals surface area contributed by atoms with Gasteiger partial charge < -0.3 is 5.32 Å². The van der Waals surface area contributed by atoms with Crippen LogP contribution in [0.25, 0.3) is 0 Å². The van der Waals surface area contributed by atoms with E-state index < -0.39 is 9.84 Å². The highest BCUT2D eigenvalue weighted by molar-refractivity contribution is 7.91. The van der Waals surface area contributed by atoms with Crippen LogP contribution in [0.1, 0.15) is 12.0 Å². The van der Waals surface area contributed by atoms with Gasteiger partial charge in [-0.2, -0.15) is 0 Å². The minimum absolute atomic E-state index is 0.104. The van der Waals surface area contributed by atoms with Gasteiger partial charge in [0.05, 0.1) is 11.0 Å². The second-order valence-electron chi connectivity index (χ2n) is 3.78. The Labute approximate surface area is 89.6 Å². The largest absolute Gasteiger partial charge is 0.315 e. The van der Waals surface area contributed by atoms with E-state index in [2.05, 4.69) is 10.3 Å². The Kier molecular flexibility index (Phi) is 3.02. The quantitative estimate of drug-likeness (QED) is 0.808. The molecule has 1 aromatic heterocycles. The van der Waals surface area contributed by atoms with E-state index in [0.29, 0.717) is 6.54 Å². The predicted octanol–water partition coefficient (Wildman–Crippen LogP) is 0.358. The van der Waals surface area contributed by atoms with Crippen molar-refractivity contribution in [1.29, 1.82) is 0 Å². The summed E-state index contributed by atoms with van der Waals surface area (Å²) in [5, 5.41) is 2.85. The second kappa shape index (κ2) is 4.28. The van der Waals surface area contributed by atoms with Gasteiger partial charge in [-0.15, -0.1) is 0 Å². The number of hydrogen-bond acceptors (Lipinski definition) is 4. The minimum atomic E-state index is -3.02. The molecule has 1 N–H and O–H groups in total. The first-order valence-electron chi connectivity index (χ1n) is 5.00. The van der Waals surface area contributed by atoms with Crippen molar-refractivity contribution in [3.8, 4) is 0 Å². The zero-order valence-corrected chi connectivity index (χ0v) is 9.20. The molecule has 15 heavy (non-hydrogen) atoms. The van der Waals surface area contributed by atoms with E-state index in [1.165, 1.54) is 0 Å². The molecule has 0 spiro atoms. The molecule has 1 aromatic rings. The van der Waals surface area contributed by atoms with Crippen molar-refractivity contribution in [3.05, 3.63) is 30.1 Å². The number of nitrogens with one attached hydrogen (secondary N) is 1. The van der Waals surface area contributed by atoms with Gasteiger partial charge in [0.1, 0.15) is 0 Å². The van der Waals surface area contributed by atoms with Gasteiger partial charge in [0, 0.05) is 18.9 Å². The summed E-state index contributed by atoms with van der Waals surface area (Å²) in [7, 11) is -3.02. The van der Waals surface area contributed by atoms with Crippen molar-refractivity contribution < 1.29 is 8.42 Å². The topological polar surface area (TPSA) is 59.1 Å². The SMILES string of the molecule is O=S(=O)(Cc1cccnc1)[C@H]1CCNC1. The van der Waals surface area contributed by atoms with E-state index in [0.717, 1.165) is 18.5 Å². The third kappa shape index (κ3) is 2.54. The molecular weight excluding hydrogens is 212 g/mol. The standard InChI is InChI=1S/C10H14N2O2S/c13-15(14,10-3-5-12-7-10)8-9-2-1-4-11-6-9/h1-2,4,6,10,12H,3,5,7-8H2/t10-/m0/s1. The van der Waals surface area contributed by atoms with Crippen LogP contribution in [0.15, 0.2) is 24.5 Å². The average Bonchev–Trinajstić information content (AvgIpc) is 2.71. The van der Waals surface area contributed by atoms with Crippen LogP contribution in [0.3, 0.4) is 0 Å². The molecule has 5 heteroatoms. The van der Waals surface area contributed by atoms with Crippen LogP contribution in [0.5, 0.6) is 0 Å². The molecule has 0 unspecified atom stereocenters. The molecule has 1 fully saturated rings. The lowest BCUT2D eigenvalue weighted by molar-refractivity contribution is 0.582. The molecule has 1 atom stereocenters. The fourth-order valence-corrected chi connectivity index (χ4v) is 3.49. The summed E-state index contributed by atoms with van der Waals surface area (Å²) in [5.41, 5.74) is 0.768. The Hall–Kier alpha value is -0.940. The molecule has 0 bridgehead atoms. The first kappa shape index (κ1) is 10.6. The maximum absolute atomic E-state index is 11.9. The molecule has 0 amide bonds. The molecule has 1 saturated heterocycles. The molecular formula is C10H14N2O2S. The first-order valence-corrected chi connectivity index (χ1v) is 6.71. The fraction of sp³-hybridized carbons (Fsp3) is 0.500. The van der Waals surface area contributed by atoms with Crippen LogP contribution < -0.4 is 5.32 Å². The van der Waals surface area contributed by atoms with Crippen molar-refractivity contribution in [2.45, 2.75) is 17.4 Å². The lowest BCUT2D eigenvalue weighted by Crippen LogP contribution is -2.25. The van der Waals surface area contributed by atoms with Gasteiger partial charge in [0.2, 0.25) is 0 Å². The Balaban J connectivity index is 2.11. The number of pyridine rings is 1. The maximum Gasteiger partial charge on any atom is 0.158 e. The fourth-order valence-electron chi connectivity index (χ4n) is 1.77. The number of sulfone groups is 1. The normalized spacial score (nSPS) is 21.7. The summed E-state index contributed by atoms with van der Waals surface area (Å²) in [6.07, 6.45) is 3.98. The van der Waals surface area contributed by atoms with Crippen LogP contribution in [0, 0.1) is 0 Å². The van der Waals surface area contributed by atoms with E-state index in [1.54, 1.807) is 24.5 Å². The Morgan fingerprint density at radius 2 is 2.40 bits per heavy atom. The van der Waals surface area contributed by atoms with Crippen molar-refractivity contribution in [1.82, 2.24) is 10.3 Å². The average molecular weight is 226 g/mol. The lowest BCUT2D eigenvalue weighted by atomic mass is 10.3. The van der Waals surface area contributed by atoms with E-state index in [4.69, 9.17) is 0 Å². The van der Waals surface area contributed by atoms with Crippen LogP contribution in [0.2, 0.25) is 0 Å². The molecule has 0 aliphatic carbocycles. The van der Waals surface area contributed by atoms with Gasteiger partial charge >= 0.3 is 0 Å². The summed E-state index contributed by atoms with van der Waals surface area (Å²) in [4.78, 5) is 3.92. The molecule has 1 aliphatic heterocycles. The van der Waals surface area contributed by atoms with Crippen LogP contribution in [-0.2, 0) is 15.6 Å². The number of rotatable bonds is 3. The van der Waals surface area contributed by atoms with Gasteiger partial charge in [-0.05, 0) is 24.6 Å². The first-order chi connectivity index (χ1) is 7.18. The molecule has 0 radical (unpaired) electrons. The van der Waals surface area contributed by atoms with Crippen LogP contribution in [-0.4, -0.2) is 31.7 Å². The Bertz CT molecular complexity index is 410. The monoisotopic (exact) mass is 226 g/mol. The predicted molar refractivity (Wildman–Crippen MR) is 58.1 cm³/mol. The molecule has 1 aliphatic rings. The molecule has 82 valence electrons. The van der Waals surface area contributed by atoms with Gasteiger partial charge in [0.15, 0.2) is 9.84 Å². The van der Waals surface area contributed by atoms with Crippen LogP contribution in [0.4, 0.5) is 0 Å². The van der Waals surface area contributed by atoms with Crippen molar-refractivity contribution in [2.24, 2.45) is 0 Å². The third-order valence-corrected chi connectivity index (χ3v) is 4.77. The van der Waals surface area contributed by atoms with Gasteiger partial charge in [0.25, 0.3) is 0 Å². The second-order valence-corrected chi connectivity index (χ2v) is 6.06. The number of hydrogen-bond donors (Lipinski definition) is 1. The molecule has 2 heterocycles. The maximum atomic E-state index is 11.9. The summed E-state index contributed by atoms with van der Waals surface area (Å²) in [6, 6.07) is 3.56. The summed E-state index contributed by atoms with van der Waals surface area (Å²) in [5.74, 6) is 0.104. The van der Waals surface area contributed by atoms with E-state index in [9.17, 15) is 8.42 Å². The third-order valence-electron chi connectivity index (χ3n) is 2.61. The number of aromatic nitrogens is 1. The van der Waals surface area contributed by atoms with E-state index in [1.807, 2.05) is 0 Å². The molecule has 0 aromatic carbocycles. The van der Waals surface area contributed by atoms with Crippen LogP contribution >= 0.6 is 0 Å². The van der Waals surface area contributed by atoms with Crippen molar-refractivity contribution in [2.75, 3.05) is 13.1 Å². The van der Waals surface area contributed by atoms with Crippen molar-refractivity contribution >= 4 is 9.84 Å². The van der Waals surface area contributed by atoms with Gasteiger partial charge in [-0.25, -0.2) is 8.42 Å². The highest BCUT2D eigenvalue weighted by atomic mass is 32.2. The minimum Gasteiger partial charge on any atom is -0.315 e. The highest BCUT2D eigenvalue weighted by Gasteiger charge is 2.28. The van der Waals surface area contributed by atoms with E-state index >= 15 is 0 Å². The van der Waals surface area contributed by atoms with Gasteiger partial charge in [-0.1, -0.05) is 6.07 Å². The zero-order chi connectivity index (χ0) is 10.7. The Morgan fingerprint density at radius 1 is 1.53 bits per heavy atom. The summed E-state index contributed by atoms with van der Waals surface area (Å²) < 4.78 is 23.9. The zero-order valence-electron chi connectivity index (χ0n) is 8.39. The number of nitrogens with zero attached hydrogens (tertiary/aromatic N) is 1. The summed E-state index contributed by atoms with van der Waals surface area (Å²) >= 11 is 0. The molecule has 0 saturated carbocycles. The molecule has 4 nitrogen and oxygen atoms in total. The summed E-state index contributed by atoms with van der Waals surface area (Å²) in [6.45, 7) is 1.39. The van der Waals surface area contributed by atoms with Gasteiger partial charge in [-0.3, -0.25) is 4.98 Å². The smallest absolute Gasteiger partial charge is 0.158 e. The lowest BCUT2D eigenvalue weighted by Gasteiger charge is -2.09. The highest BCUT2D eigenvalue weighted by Crippen LogP contribution is 2.15. The molecule has 2 rings (SSSR count). The van der Waals surface area contributed by atoms with E-state index in [-0.39, 0.29) is 11.0 Å². The van der Waals surface area contributed by atoms with Crippen molar-refractivity contribution in [3.63, 3.8) is 0 Å². The Morgan fingerprint density at radius 3 is 3.00 bits per heavy atom.